The topological polar surface area (TPSA) is 26.3 Å². The first-order valence-corrected chi connectivity index (χ1v) is 5.70. The van der Waals surface area contributed by atoms with Crippen molar-refractivity contribution < 1.29 is 9.53 Å². The van der Waals surface area contributed by atoms with Crippen LogP contribution in [-0.2, 0) is 9.53 Å². The van der Waals surface area contributed by atoms with Crippen LogP contribution in [-0.4, -0.2) is 12.6 Å². The largest absolute Gasteiger partial charge is 0.466 e. The number of carbonyl (C=O) groups is 1. The quantitative estimate of drug-likeness (QED) is 0.439. The zero-order chi connectivity index (χ0) is 10.1. The molecule has 0 atom stereocenters. The van der Waals surface area contributed by atoms with Crippen molar-refractivity contribution in [1.82, 2.24) is 0 Å². The highest BCUT2D eigenvalue weighted by Gasteiger charge is 2.01. The highest BCUT2D eigenvalue weighted by molar-refractivity contribution is 5.69. The second-order valence-electron chi connectivity index (χ2n) is 3.79. The summed E-state index contributed by atoms with van der Waals surface area (Å²) in [7, 11) is 0. The molecular weight excluding hydrogens is 176 g/mol. The first kappa shape index (κ1) is 11.3. The smallest absolute Gasteiger partial charge is 0.306 e. The van der Waals surface area contributed by atoms with Crippen LogP contribution in [0.15, 0.2) is 12.2 Å². The molecule has 0 saturated heterocycles. The second-order valence-corrected chi connectivity index (χ2v) is 3.79. The molecule has 0 amide bonds. The van der Waals surface area contributed by atoms with Crippen molar-refractivity contribution >= 4 is 5.97 Å². The van der Waals surface area contributed by atoms with E-state index in [2.05, 4.69) is 12.2 Å². The van der Waals surface area contributed by atoms with Crippen molar-refractivity contribution in [3.05, 3.63) is 12.2 Å². The molecule has 1 heterocycles. The molecule has 0 radical (unpaired) electrons. The number of allylic oxidation sites excluding steroid dienone is 2. The Bertz CT molecular complexity index is 185. The maximum atomic E-state index is 11.1. The van der Waals surface area contributed by atoms with E-state index in [1.807, 2.05) is 0 Å². The Morgan fingerprint density at radius 2 is 1.64 bits per heavy atom. The summed E-state index contributed by atoms with van der Waals surface area (Å²) in [5.74, 6) is -0.0473. The molecule has 0 aromatic carbocycles. The minimum Gasteiger partial charge on any atom is -0.466 e. The van der Waals surface area contributed by atoms with E-state index in [0.717, 1.165) is 19.3 Å². The van der Waals surface area contributed by atoms with Gasteiger partial charge in [0.25, 0.3) is 0 Å². The van der Waals surface area contributed by atoms with Crippen LogP contribution in [0.25, 0.3) is 0 Å². The number of hydrogen-bond acceptors (Lipinski definition) is 2. The molecule has 1 aliphatic heterocycles. The van der Waals surface area contributed by atoms with E-state index in [0.29, 0.717) is 13.0 Å². The maximum Gasteiger partial charge on any atom is 0.306 e. The van der Waals surface area contributed by atoms with E-state index in [1.54, 1.807) is 0 Å². The summed E-state index contributed by atoms with van der Waals surface area (Å²) in [4.78, 5) is 11.1. The first-order chi connectivity index (χ1) is 6.89. The van der Waals surface area contributed by atoms with Crippen molar-refractivity contribution in [3.63, 3.8) is 0 Å². The second kappa shape index (κ2) is 7.60. The summed E-state index contributed by atoms with van der Waals surface area (Å²) in [6.45, 7) is 0.614. The normalized spacial score (nSPS) is 23.9. The molecule has 1 aliphatic rings. The molecule has 0 spiro atoms. The van der Waals surface area contributed by atoms with E-state index in [1.165, 1.54) is 25.7 Å². The molecule has 0 unspecified atom stereocenters. The molecule has 1 rings (SSSR count). The van der Waals surface area contributed by atoms with Gasteiger partial charge >= 0.3 is 5.97 Å². The molecule has 2 nitrogen and oxygen atoms in total. The highest BCUT2D eigenvalue weighted by Crippen LogP contribution is 2.08. The van der Waals surface area contributed by atoms with Gasteiger partial charge in [0.15, 0.2) is 0 Å². The third kappa shape index (κ3) is 5.79. The average Bonchev–Trinajstić information content (AvgIpc) is 2.20. The molecule has 0 N–H and O–H groups in total. The number of cyclic esters (lactones) is 1. The lowest BCUT2D eigenvalue weighted by molar-refractivity contribution is -0.143. The fourth-order valence-corrected chi connectivity index (χ4v) is 1.59. The minimum atomic E-state index is -0.0473. The van der Waals surface area contributed by atoms with Gasteiger partial charge in [-0.2, -0.15) is 0 Å². The van der Waals surface area contributed by atoms with Crippen LogP contribution < -0.4 is 0 Å². The number of esters is 1. The summed E-state index contributed by atoms with van der Waals surface area (Å²) < 4.78 is 5.08. The van der Waals surface area contributed by atoms with E-state index in [9.17, 15) is 4.79 Å². The summed E-state index contributed by atoms with van der Waals surface area (Å²) >= 11 is 0. The lowest BCUT2D eigenvalue weighted by atomic mass is 10.1. The Morgan fingerprint density at radius 1 is 0.929 bits per heavy atom. The number of hydrogen-bond donors (Lipinski definition) is 0. The molecule has 0 aromatic heterocycles. The van der Waals surface area contributed by atoms with Gasteiger partial charge in [0.05, 0.1) is 6.61 Å². The van der Waals surface area contributed by atoms with Crippen LogP contribution in [0.5, 0.6) is 0 Å². The highest BCUT2D eigenvalue weighted by atomic mass is 16.5. The van der Waals surface area contributed by atoms with E-state index in [4.69, 9.17) is 4.74 Å². The van der Waals surface area contributed by atoms with Gasteiger partial charge in [-0.3, -0.25) is 4.79 Å². The number of carbonyl (C=O) groups excluding carboxylic acids is 1. The Labute approximate surface area is 86.3 Å². The lowest BCUT2D eigenvalue weighted by Crippen LogP contribution is -2.04. The van der Waals surface area contributed by atoms with Gasteiger partial charge in [-0.15, -0.1) is 0 Å². The Hall–Kier alpha value is -0.790. The van der Waals surface area contributed by atoms with Gasteiger partial charge in [-0.1, -0.05) is 31.4 Å². The average molecular weight is 196 g/mol. The van der Waals surface area contributed by atoms with Crippen LogP contribution in [0, 0.1) is 0 Å². The standard InChI is InChI=1S/C12H20O2/c13-12-10-8-6-4-2-1-3-5-7-9-11-14-12/h4,6H,1-3,5,7-11H2/b6-4-. The van der Waals surface area contributed by atoms with Crippen LogP contribution >= 0.6 is 0 Å². The zero-order valence-electron chi connectivity index (χ0n) is 8.84. The third-order valence-corrected chi connectivity index (χ3v) is 2.46. The molecule has 0 bridgehead atoms. The van der Waals surface area contributed by atoms with Gasteiger partial charge in [0.2, 0.25) is 0 Å². The van der Waals surface area contributed by atoms with E-state index < -0.39 is 0 Å². The van der Waals surface area contributed by atoms with Crippen molar-refractivity contribution in [1.29, 1.82) is 0 Å². The van der Waals surface area contributed by atoms with Crippen molar-refractivity contribution in [2.45, 2.75) is 51.4 Å². The van der Waals surface area contributed by atoms with E-state index in [-0.39, 0.29) is 5.97 Å². The van der Waals surface area contributed by atoms with E-state index >= 15 is 0 Å². The molecule has 0 saturated carbocycles. The fraction of sp³-hybridized carbons (Fsp3) is 0.750. The molecule has 2 heteroatoms. The van der Waals surface area contributed by atoms with Crippen molar-refractivity contribution in [3.8, 4) is 0 Å². The van der Waals surface area contributed by atoms with Gasteiger partial charge in [0, 0.05) is 6.42 Å². The molecule has 14 heavy (non-hydrogen) atoms. The van der Waals surface area contributed by atoms with Gasteiger partial charge in [0.1, 0.15) is 0 Å². The molecule has 0 aromatic rings. The lowest BCUT2D eigenvalue weighted by Gasteiger charge is -2.02. The van der Waals surface area contributed by atoms with Crippen LogP contribution in [0.1, 0.15) is 51.4 Å². The molecule has 80 valence electrons. The summed E-state index contributed by atoms with van der Waals surface area (Å²) in [6.07, 6.45) is 12.9. The Morgan fingerprint density at radius 3 is 2.57 bits per heavy atom. The Kier molecular flexibility index (Phi) is 6.13. The number of rotatable bonds is 0. The maximum absolute atomic E-state index is 11.1. The molecule has 0 fully saturated rings. The Balaban J connectivity index is 2.23. The predicted molar refractivity (Wildman–Crippen MR) is 57.0 cm³/mol. The summed E-state index contributed by atoms with van der Waals surface area (Å²) in [5.41, 5.74) is 0. The number of ether oxygens (including phenoxy) is 1. The predicted octanol–water partition coefficient (Wildman–Crippen LogP) is 3.22. The van der Waals surface area contributed by atoms with Crippen molar-refractivity contribution in [2.24, 2.45) is 0 Å². The van der Waals surface area contributed by atoms with Crippen LogP contribution in [0.4, 0.5) is 0 Å². The molecule has 0 aliphatic carbocycles. The van der Waals surface area contributed by atoms with Gasteiger partial charge in [-0.05, 0) is 25.7 Å². The van der Waals surface area contributed by atoms with Gasteiger partial charge in [-0.25, -0.2) is 0 Å². The molecular formula is C12H20O2. The fourth-order valence-electron chi connectivity index (χ4n) is 1.59. The summed E-state index contributed by atoms with van der Waals surface area (Å²) in [6, 6.07) is 0. The monoisotopic (exact) mass is 196 g/mol. The minimum absolute atomic E-state index is 0.0473. The van der Waals surface area contributed by atoms with Crippen LogP contribution in [0.3, 0.4) is 0 Å². The third-order valence-electron chi connectivity index (χ3n) is 2.46. The van der Waals surface area contributed by atoms with Crippen LogP contribution in [0.2, 0.25) is 0 Å². The van der Waals surface area contributed by atoms with Gasteiger partial charge < -0.3 is 4.74 Å². The van der Waals surface area contributed by atoms with Crippen molar-refractivity contribution in [2.75, 3.05) is 6.61 Å². The zero-order valence-corrected chi connectivity index (χ0v) is 8.84. The SMILES string of the molecule is O=C1CC/C=C\CCCCCCCO1. The summed E-state index contributed by atoms with van der Waals surface area (Å²) in [5, 5.41) is 0. The first-order valence-electron chi connectivity index (χ1n) is 5.70.